The van der Waals surface area contributed by atoms with Crippen LogP contribution in [0.2, 0.25) is 0 Å². The van der Waals surface area contributed by atoms with Crippen molar-refractivity contribution in [3.05, 3.63) is 36.2 Å². The SMILES string of the molecule is CCc1cc(N2CCS(=O)C(CC)(CC)C2)nc(-c2ccccn2)n1. The Morgan fingerprint density at radius 3 is 2.64 bits per heavy atom. The van der Waals surface area contributed by atoms with Crippen LogP contribution >= 0.6 is 0 Å². The van der Waals surface area contributed by atoms with E-state index in [2.05, 4.69) is 41.7 Å². The second-order valence-electron chi connectivity index (χ2n) is 6.47. The monoisotopic (exact) mass is 358 g/mol. The molecule has 0 aromatic carbocycles. The molecule has 25 heavy (non-hydrogen) atoms. The third-order valence-corrected chi connectivity index (χ3v) is 7.37. The van der Waals surface area contributed by atoms with Gasteiger partial charge in [-0.15, -0.1) is 0 Å². The molecule has 1 fully saturated rings. The maximum atomic E-state index is 12.6. The van der Waals surface area contributed by atoms with Gasteiger partial charge in [-0.05, 0) is 31.4 Å². The zero-order valence-corrected chi connectivity index (χ0v) is 16.1. The molecule has 1 saturated heterocycles. The topological polar surface area (TPSA) is 59.0 Å². The fraction of sp³-hybridized carbons (Fsp3) is 0.526. The van der Waals surface area contributed by atoms with Crippen LogP contribution < -0.4 is 4.90 Å². The van der Waals surface area contributed by atoms with Gasteiger partial charge in [-0.2, -0.15) is 0 Å². The van der Waals surface area contributed by atoms with Crippen LogP contribution in [0.1, 0.15) is 39.3 Å². The van der Waals surface area contributed by atoms with E-state index in [1.165, 1.54) is 0 Å². The minimum atomic E-state index is -0.777. The third-order valence-electron chi connectivity index (χ3n) is 5.14. The molecule has 0 saturated carbocycles. The van der Waals surface area contributed by atoms with Crippen molar-refractivity contribution in [3.63, 3.8) is 0 Å². The van der Waals surface area contributed by atoms with Crippen molar-refractivity contribution in [1.82, 2.24) is 15.0 Å². The van der Waals surface area contributed by atoms with Crippen LogP contribution in [0.4, 0.5) is 5.82 Å². The molecule has 0 radical (unpaired) electrons. The summed E-state index contributed by atoms with van der Waals surface area (Å²) in [5, 5.41) is 0. The Hall–Kier alpha value is -1.82. The smallest absolute Gasteiger partial charge is 0.180 e. The van der Waals surface area contributed by atoms with Crippen LogP contribution in [0.25, 0.3) is 11.5 Å². The van der Waals surface area contributed by atoms with Gasteiger partial charge >= 0.3 is 0 Å². The van der Waals surface area contributed by atoms with E-state index in [-0.39, 0.29) is 4.75 Å². The highest BCUT2D eigenvalue weighted by Crippen LogP contribution is 2.31. The van der Waals surface area contributed by atoms with Gasteiger partial charge in [0.15, 0.2) is 5.82 Å². The fourth-order valence-corrected chi connectivity index (χ4v) is 5.10. The second-order valence-corrected chi connectivity index (χ2v) is 8.44. The number of nitrogens with zero attached hydrogens (tertiary/aromatic N) is 4. The quantitative estimate of drug-likeness (QED) is 0.821. The number of aromatic nitrogens is 3. The molecule has 2 aromatic rings. The fourth-order valence-electron chi connectivity index (χ4n) is 3.34. The lowest BCUT2D eigenvalue weighted by Gasteiger charge is -2.41. The Morgan fingerprint density at radius 1 is 1.20 bits per heavy atom. The van der Waals surface area contributed by atoms with Crippen LogP contribution in [0.5, 0.6) is 0 Å². The predicted octanol–water partition coefficient (Wildman–Crippen LogP) is 3.23. The summed E-state index contributed by atoms with van der Waals surface area (Å²) in [6, 6.07) is 7.85. The molecular weight excluding hydrogens is 332 g/mol. The summed E-state index contributed by atoms with van der Waals surface area (Å²) in [6.45, 7) is 7.94. The van der Waals surface area contributed by atoms with Gasteiger partial charge in [0.25, 0.3) is 0 Å². The molecule has 6 heteroatoms. The maximum absolute atomic E-state index is 12.6. The molecule has 0 N–H and O–H groups in total. The van der Waals surface area contributed by atoms with E-state index in [0.717, 1.165) is 49.6 Å². The Kier molecular flexibility index (Phi) is 5.47. The van der Waals surface area contributed by atoms with Gasteiger partial charge in [-0.25, -0.2) is 9.97 Å². The van der Waals surface area contributed by atoms with E-state index in [4.69, 9.17) is 4.98 Å². The van der Waals surface area contributed by atoms with Crippen LogP contribution in [0.3, 0.4) is 0 Å². The summed E-state index contributed by atoms with van der Waals surface area (Å²) in [4.78, 5) is 16.1. The van der Waals surface area contributed by atoms with E-state index in [0.29, 0.717) is 11.6 Å². The highest BCUT2D eigenvalue weighted by molar-refractivity contribution is 7.86. The van der Waals surface area contributed by atoms with Gasteiger partial charge in [-0.1, -0.05) is 26.8 Å². The average molecular weight is 359 g/mol. The molecule has 1 unspecified atom stereocenters. The van der Waals surface area contributed by atoms with Gasteiger partial charge in [0.05, 0.1) is 4.75 Å². The van der Waals surface area contributed by atoms with Crippen molar-refractivity contribution in [1.29, 1.82) is 0 Å². The van der Waals surface area contributed by atoms with Crippen molar-refractivity contribution >= 4 is 16.6 Å². The third kappa shape index (κ3) is 3.59. The molecule has 1 atom stereocenters. The van der Waals surface area contributed by atoms with Crippen LogP contribution in [0.15, 0.2) is 30.5 Å². The van der Waals surface area contributed by atoms with Gasteiger partial charge in [-0.3, -0.25) is 9.19 Å². The highest BCUT2D eigenvalue weighted by Gasteiger charge is 2.39. The number of anilines is 1. The first-order chi connectivity index (χ1) is 12.1. The first-order valence-corrected chi connectivity index (χ1v) is 10.4. The molecule has 0 aliphatic carbocycles. The number of hydrogen-bond acceptors (Lipinski definition) is 5. The second kappa shape index (κ2) is 7.60. The summed E-state index contributed by atoms with van der Waals surface area (Å²) in [6.07, 6.45) is 4.46. The molecule has 1 aliphatic rings. The molecule has 5 nitrogen and oxygen atoms in total. The number of rotatable bonds is 5. The van der Waals surface area contributed by atoms with Gasteiger partial charge < -0.3 is 4.90 Å². The average Bonchev–Trinajstić information content (AvgIpc) is 2.69. The summed E-state index contributed by atoms with van der Waals surface area (Å²) >= 11 is 0. The molecule has 0 amide bonds. The summed E-state index contributed by atoms with van der Waals surface area (Å²) in [7, 11) is -0.777. The maximum Gasteiger partial charge on any atom is 0.180 e. The van der Waals surface area contributed by atoms with Crippen molar-refractivity contribution in [2.75, 3.05) is 23.7 Å². The van der Waals surface area contributed by atoms with Crippen molar-refractivity contribution in [2.45, 2.75) is 44.8 Å². The van der Waals surface area contributed by atoms with Crippen molar-refractivity contribution in [2.24, 2.45) is 0 Å². The van der Waals surface area contributed by atoms with Crippen LogP contribution in [-0.2, 0) is 17.2 Å². The lowest BCUT2D eigenvalue weighted by Crippen LogP contribution is -2.53. The minimum absolute atomic E-state index is 0.138. The van der Waals surface area contributed by atoms with Gasteiger partial charge in [0.2, 0.25) is 0 Å². The lowest BCUT2D eigenvalue weighted by molar-refractivity contribution is 0.494. The van der Waals surface area contributed by atoms with E-state index in [1.807, 2.05) is 18.2 Å². The molecule has 2 aromatic heterocycles. The molecule has 3 rings (SSSR count). The van der Waals surface area contributed by atoms with E-state index in [1.54, 1.807) is 6.20 Å². The Morgan fingerprint density at radius 2 is 2.00 bits per heavy atom. The molecule has 3 heterocycles. The zero-order chi connectivity index (χ0) is 17.9. The Balaban J connectivity index is 1.98. The Bertz CT molecular complexity index is 746. The molecule has 134 valence electrons. The van der Waals surface area contributed by atoms with Gasteiger partial charge in [0.1, 0.15) is 11.5 Å². The number of pyridine rings is 1. The Labute approximate surface area is 152 Å². The van der Waals surface area contributed by atoms with E-state index >= 15 is 0 Å². The minimum Gasteiger partial charge on any atom is -0.354 e. The first-order valence-electron chi connectivity index (χ1n) is 9.04. The van der Waals surface area contributed by atoms with E-state index < -0.39 is 10.8 Å². The highest BCUT2D eigenvalue weighted by atomic mass is 32.2. The summed E-state index contributed by atoms with van der Waals surface area (Å²) in [5.41, 5.74) is 1.80. The molecule has 1 aliphatic heterocycles. The van der Waals surface area contributed by atoms with Crippen LogP contribution in [-0.4, -0.2) is 42.8 Å². The number of aryl methyl sites for hydroxylation is 1. The largest absolute Gasteiger partial charge is 0.354 e. The summed E-state index contributed by atoms with van der Waals surface area (Å²) < 4.78 is 12.5. The first kappa shape index (κ1) is 18.0. The summed E-state index contributed by atoms with van der Waals surface area (Å²) in [5.74, 6) is 2.29. The standard InChI is InChI=1S/C19H26N4OS/c1-4-15-13-17(22-18(21-15)16-9-7-8-10-20-16)23-11-12-25(24)19(5-2,6-3)14-23/h7-10,13H,4-6,11-12,14H2,1-3H3. The molecular formula is C19H26N4OS. The van der Waals surface area contributed by atoms with Crippen molar-refractivity contribution < 1.29 is 4.21 Å². The van der Waals surface area contributed by atoms with E-state index in [9.17, 15) is 4.21 Å². The van der Waals surface area contributed by atoms with Gasteiger partial charge in [0, 0.05) is 47.6 Å². The zero-order valence-electron chi connectivity index (χ0n) is 15.2. The number of hydrogen-bond donors (Lipinski definition) is 0. The normalized spacial score (nSPS) is 19.8. The lowest BCUT2D eigenvalue weighted by atomic mass is 10.0. The molecule has 0 spiro atoms. The predicted molar refractivity (Wildman–Crippen MR) is 103 cm³/mol. The van der Waals surface area contributed by atoms with Crippen LogP contribution in [0, 0.1) is 0 Å². The molecule has 0 bridgehead atoms. The van der Waals surface area contributed by atoms with Crippen molar-refractivity contribution in [3.8, 4) is 11.5 Å².